The van der Waals surface area contributed by atoms with Gasteiger partial charge in [0.05, 0.1) is 19.0 Å². The molecule has 0 radical (unpaired) electrons. The number of anilines is 1. The van der Waals surface area contributed by atoms with Crippen molar-refractivity contribution < 1.29 is 4.79 Å². The molecule has 0 spiro atoms. The summed E-state index contributed by atoms with van der Waals surface area (Å²) >= 11 is 0. The number of hydrogen-bond acceptors (Lipinski definition) is 3. The molecule has 4 nitrogen and oxygen atoms in total. The Morgan fingerprint density at radius 3 is 2.47 bits per heavy atom. The van der Waals surface area contributed by atoms with Crippen LogP contribution in [0.3, 0.4) is 0 Å². The first-order valence-electron chi connectivity index (χ1n) is 6.41. The molecule has 0 aromatic heterocycles. The van der Waals surface area contributed by atoms with E-state index in [9.17, 15) is 4.79 Å². The minimum atomic E-state index is -0.104. The second kappa shape index (κ2) is 6.91. The van der Waals surface area contributed by atoms with Crippen molar-refractivity contribution in [3.05, 3.63) is 30.3 Å². The highest BCUT2D eigenvalue weighted by Gasteiger charge is 2.17. The summed E-state index contributed by atoms with van der Waals surface area (Å²) in [5.41, 5.74) is 0.728. The first-order chi connectivity index (χ1) is 8.94. The average molecular weight is 259 g/mol. The summed E-state index contributed by atoms with van der Waals surface area (Å²) in [7, 11) is 0. The lowest BCUT2D eigenvalue weighted by Crippen LogP contribution is -2.45. The third-order valence-corrected chi connectivity index (χ3v) is 2.59. The molecule has 0 aliphatic rings. The molecular formula is C15H21N3O. The molecule has 1 aromatic carbocycles. The van der Waals surface area contributed by atoms with Gasteiger partial charge in [0.15, 0.2) is 0 Å². The van der Waals surface area contributed by atoms with Gasteiger partial charge in [-0.1, -0.05) is 18.2 Å². The molecule has 0 aliphatic carbocycles. The zero-order valence-electron chi connectivity index (χ0n) is 11.8. The summed E-state index contributed by atoms with van der Waals surface area (Å²) in [5.74, 6) is -0.0172. The third kappa shape index (κ3) is 5.54. The van der Waals surface area contributed by atoms with Crippen LogP contribution in [-0.4, -0.2) is 24.5 Å². The number of rotatable bonds is 5. The molecule has 19 heavy (non-hydrogen) atoms. The Morgan fingerprint density at radius 2 is 1.95 bits per heavy atom. The number of nitriles is 1. The second-order valence-electron chi connectivity index (χ2n) is 5.39. The van der Waals surface area contributed by atoms with E-state index >= 15 is 0 Å². The number of nitrogens with one attached hydrogen (secondary N) is 1. The number of benzene rings is 1. The van der Waals surface area contributed by atoms with Crippen LogP contribution in [0.4, 0.5) is 5.69 Å². The van der Waals surface area contributed by atoms with Crippen molar-refractivity contribution in [3.8, 4) is 6.07 Å². The maximum Gasteiger partial charge on any atom is 0.240 e. The molecule has 1 rings (SSSR count). The zero-order chi connectivity index (χ0) is 14.3. The van der Waals surface area contributed by atoms with E-state index in [1.165, 1.54) is 0 Å². The van der Waals surface area contributed by atoms with Crippen molar-refractivity contribution in [1.29, 1.82) is 5.26 Å². The Balaban J connectivity index is 2.75. The minimum absolute atomic E-state index is 0.0172. The van der Waals surface area contributed by atoms with E-state index in [0.29, 0.717) is 13.0 Å². The van der Waals surface area contributed by atoms with Gasteiger partial charge in [0.25, 0.3) is 0 Å². The molecule has 0 saturated carbocycles. The van der Waals surface area contributed by atoms with E-state index in [1.54, 1.807) is 4.90 Å². The smallest absolute Gasteiger partial charge is 0.240 e. The molecule has 0 unspecified atom stereocenters. The first-order valence-corrected chi connectivity index (χ1v) is 6.41. The van der Waals surface area contributed by atoms with Gasteiger partial charge in [0, 0.05) is 17.8 Å². The average Bonchev–Trinajstić information content (AvgIpc) is 2.37. The highest BCUT2D eigenvalue weighted by molar-refractivity contribution is 5.94. The molecule has 0 bridgehead atoms. The highest BCUT2D eigenvalue weighted by Crippen LogP contribution is 2.14. The van der Waals surface area contributed by atoms with E-state index in [2.05, 4.69) is 11.4 Å². The normalized spacial score (nSPS) is 10.8. The molecule has 0 heterocycles. The van der Waals surface area contributed by atoms with E-state index in [4.69, 9.17) is 5.26 Å². The SMILES string of the molecule is CC(C)(C)NCC(=O)N(CCC#N)c1ccccc1. The number of amides is 1. The van der Waals surface area contributed by atoms with Gasteiger partial charge in [-0.3, -0.25) is 4.79 Å². The van der Waals surface area contributed by atoms with E-state index in [-0.39, 0.29) is 18.0 Å². The number of carbonyl (C=O) groups is 1. The van der Waals surface area contributed by atoms with Gasteiger partial charge in [-0.2, -0.15) is 5.26 Å². The van der Waals surface area contributed by atoms with Crippen LogP contribution in [0.1, 0.15) is 27.2 Å². The van der Waals surface area contributed by atoms with Crippen LogP contribution in [0, 0.1) is 11.3 Å². The zero-order valence-corrected chi connectivity index (χ0v) is 11.8. The molecule has 1 N–H and O–H groups in total. The molecule has 0 atom stereocenters. The predicted octanol–water partition coefficient (Wildman–Crippen LogP) is 2.32. The van der Waals surface area contributed by atoms with Crippen molar-refractivity contribution >= 4 is 11.6 Å². The van der Waals surface area contributed by atoms with Crippen LogP contribution in [0.25, 0.3) is 0 Å². The lowest BCUT2D eigenvalue weighted by molar-refractivity contribution is -0.118. The van der Waals surface area contributed by atoms with Crippen LogP contribution in [-0.2, 0) is 4.79 Å². The molecule has 1 amide bonds. The number of hydrogen-bond donors (Lipinski definition) is 1. The fourth-order valence-electron chi connectivity index (χ4n) is 1.60. The molecule has 102 valence electrons. The maximum atomic E-state index is 12.3. The van der Waals surface area contributed by atoms with Crippen LogP contribution in [0.15, 0.2) is 30.3 Å². The molecule has 0 saturated heterocycles. The van der Waals surface area contributed by atoms with Crippen molar-refractivity contribution in [2.45, 2.75) is 32.7 Å². The lowest BCUT2D eigenvalue weighted by atomic mass is 10.1. The Bertz CT molecular complexity index is 443. The Labute approximate surface area is 115 Å². The fourth-order valence-corrected chi connectivity index (χ4v) is 1.60. The second-order valence-corrected chi connectivity index (χ2v) is 5.39. The van der Waals surface area contributed by atoms with E-state index in [0.717, 1.165) is 5.69 Å². The predicted molar refractivity (Wildman–Crippen MR) is 76.8 cm³/mol. The van der Waals surface area contributed by atoms with Gasteiger partial charge < -0.3 is 10.2 Å². The van der Waals surface area contributed by atoms with Crippen LogP contribution < -0.4 is 10.2 Å². The molecular weight excluding hydrogens is 238 g/mol. The van der Waals surface area contributed by atoms with E-state index in [1.807, 2.05) is 51.1 Å². The lowest BCUT2D eigenvalue weighted by Gasteiger charge is -2.25. The molecule has 0 aliphatic heterocycles. The van der Waals surface area contributed by atoms with E-state index < -0.39 is 0 Å². The topological polar surface area (TPSA) is 56.1 Å². The van der Waals surface area contributed by atoms with Crippen molar-refractivity contribution in [2.24, 2.45) is 0 Å². The Morgan fingerprint density at radius 1 is 1.32 bits per heavy atom. The number of para-hydroxylation sites is 1. The first kappa shape index (κ1) is 15.2. The quantitative estimate of drug-likeness (QED) is 0.883. The van der Waals surface area contributed by atoms with Gasteiger partial charge in [-0.15, -0.1) is 0 Å². The maximum absolute atomic E-state index is 12.3. The van der Waals surface area contributed by atoms with Crippen molar-refractivity contribution in [1.82, 2.24) is 5.32 Å². The Kier molecular flexibility index (Phi) is 5.53. The summed E-state index contributed by atoms with van der Waals surface area (Å²) in [5, 5.41) is 11.9. The minimum Gasteiger partial charge on any atom is -0.310 e. The van der Waals surface area contributed by atoms with Gasteiger partial charge in [0.2, 0.25) is 5.91 Å². The van der Waals surface area contributed by atoms with Gasteiger partial charge >= 0.3 is 0 Å². The van der Waals surface area contributed by atoms with Gasteiger partial charge in [0.1, 0.15) is 0 Å². The van der Waals surface area contributed by atoms with Gasteiger partial charge in [-0.25, -0.2) is 0 Å². The monoisotopic (exact) mass is 259 g/mol. The largest absolute Gasteiger partial charge is 0.310 e. The van der Waals surface area contributed by atoms with Crippen LogP contribution >= 0.6 is 0 Å². The molecule has 0 fully saturated rings. The third-order valence-electron chi connectivity index (χ3n) is 2.59. The summed E-state index contributed by atoms with van der Waals surface area (Å²) in [4.78, 5) is 13.9. The molecule has 1 aromatic rings. The standard InChI is InChI=1S/C15H21N3O/c1-15(2,3)17-12-14(19)18(11-7-10-16)13-8-5-4-6-9-13/h4-6,8-9,17H,7,11-12H2,1-3H3. The summed E-state index contributed by atoms with van der Waals surface area (Å²) in [6.07, 6.45) is 0.330. The van der Waals surface area contributed by atoms with Crippen molar-refractivity contribution in [2.75, 3.05) is 18.0 Å². The van der Waals surface area contributed by atoms with Crippen LogP contribution in [0.2, 0.25) is 0 Å². The summed E-state index contributed by atoms with van der Waals surface area (Å²) < 4.78 is 0. The molecule has 4 heteroatoms. The number of carbonyl (C=O) groups excluding carboxylic acids is 1. The highest BCUT2D eigenvalue weighted by atomic mass is 16.2. The fraction of sp³-hybridized carbons (Fsp3) is 0.467. The van der Waals surface area contributed by atoms with Gasteiger partial charge in [-0.05, 0) is 32.9 Å². The number of nitrogens with zero attached hydrogens (tertiary/aromatic N) is 2. The summed E-state index contributed by atoms with van der Waals surface area (Å²) in [6, 6.07) is 11.5. The summed E-state index contributed by atoms with van der Waals surface area (Å²) in [6.45, 7) is 6.74. The van der Waals surface area contributed by atoms with Crippen molar-refractivity contribution in [3.63, 3.8) is 0 Å². The Hall–Kier alpha value is -1.86. The van der Waals surface area contributed by atoms with Crippen LogP contribution in [0.5, 0.6) is 0 Å².